The van der Waals surface area contributed by atoms with Crippen molar-refractivity contribution in [1.82, 2.24) is 9.78 Å². The third-order valence-corrected chi connectivity index (χ3v) is 4.00. The van der Waals surface area contributed by atoms with E-state index in [-0.39, 0.29) is 4.99 Å². The van der Waals surface area contributed by atoms with Crippen LogP contribution < -0.4 is 10.5 Å². The Bertz CT molecular complexity index is 504. The van der Waals surface area contributed by atoms with E-state index in [1.165, 1.54) is 10.9 Å². The lowest BCUT2D eigenvalue weighted by Gasteiger charge is -2.12. The number of nitrogens with two attached hydrogens (primary N) is 1. The summed E-state index contributed by atoms with van der Waals surface area (Å²) >= 11 is 4.81. The Balaban J connectivity index is 3.16. The van der Waals surface area contributed by atoms with Crippen molar-refractivity contribution in [3.05, 3.63) is 11.8 Å². The molecule has 3 N–H and O–H groups in total. The van der Waals surface area contributed by atoms with Crippen molar-refractivity contribution >= 4 is 33.0 Å². The van der Waals surface area contributed by atoms with Gasteiger partial charge in [0.05, 0.1) is 17.0 Å². The van der Waals surface area contributed by atoms with Crippen LogP contribution in [0.25, 0.3) is 0 Å². The summed E-state index contributed by atoms with van der Waals surface area (Å²) in [6.45, 7) is 3.16. The van der Waals surface area contributed by atoms with Crippen LogP contribution in [0.15, 0.2) is 6.20 Å². The van der Waals surface area contributed by atoms with Crippen molar-refractivity contribution in [3.8, 4) is 0 Å². The van der Waals surface area contributed by atoms with Gasteiger partial charge in [-0.25, -0.2) is 8.42 Å². The van der Waals surface area contributed by atoms with Gasteiger partial charge in [-0.3, -0.25) is 9.40 Å². The lowest BCUT2D eigenvalue weighted by atomic mass is 10.3. The molecule has 0 spiro atoms. The van der Waals surface area contributed by atoms with Gasteiger partial charge in [0.25, 0.3) is 0 Å². The summed E-state index contributed by atoms with van der Waals surface area (Å²) in [5, 5.41) is 3.36. The van der Waals surface area contributed by atoms with E-state index in [1.807, 2.05) is 0 Å². The fourth-order valence-electron chi connectivity index (χ4n) is 0.991. The molecule has 0 saturated heterocycles. The molecule has 6 nitrogen and oxygen atoms in total. The zero-order valence-corrected chi connectivity index (χ0v) is 10.9. The van der Waals surface area contributed by atoms with E-state index in [1.54, 1.807) is 20.9 Å². The van der Waals surface area contributed by atoms with E-state index in [0.717, 1.165) is 0 Å². The number of hydrogen-bond acceptors (Lipinski definition) is 4. The van der Waals surface area contributed by atoms with Gasteiger partial charge in [0.15, 0.2) is 0 Å². The largest absolute Gasteiger partial charge is 0.389 e. The maximum atomic E-state index is 11.7. The second kappa shape index (κ2) is 4.38. The Morgan fingerprint density at radius 2 is 2.19 bits per heavy atom. The summed E-state index contributed by atoms with van der Waals surface area (Å²) < 4.78 is 27.2. The third-order valence-electron chi connectivity index (χ3n) is 2.06. The van der Waals surface area contributed by atoms with Crippen molar-refractivity contribution in [2.45, 2.75) is 19.1 Å². The molecule has 0 atom stereocenters. The van der Waals surface area contributed by atoms with Crippen molar-refractivity contribution in [2.24, 2.45) is 12.8 Å². The summed E-state index contributed by atoms with van der Waals surface area (Å²) in [5.74, 6) is 0.293. The number of anilines is 1. The highest BCUT2D eigenvalue weighted by Gasteiger charge is 2.20. The molecule has 0 fully saturated rings. The standard InChI is InChI=1S/C8H14N4O2S2/c1-5(2)16(13,14)11-8-6(7(9)15)4-10-12(8)3/h4-5,11H,1-3H3,(H2,9,15). The first kappa shape index (κ1) is 12.9. The van der Waals surface area contributed by atoms with E-state index >= 15 is 0 Å². The molecule has 0 saturated carbocycles. The minimum absolute atomic E-state index is 0.106. The normalized spacial score (nSPS) is 11.8. The van der Waals surface area contributed by atoms with Crippen LogP contribution in [0.4, 0.5) is 5.82 Å². The summed E-state index contributed by atoms with van der Waals surface area (Å²) in [7, 11) is -1.81. The van der Waals surface area contributed by atoms with Crippen LogP contribution in [-0.4, -0.2) is 28.4 Å². The highest BCUT2D eigenvalue weighted by atomic mass is 32.2. The monoisotopic (exact) mass is 262 g/mol. The number of nitrogens with one attached hydrogen (secondary N) is 1. The molecule has 1 aromatic heterocycles. The number of nitrogens with zero attached hydrogens (tertiary/aromatic N) is 2. The first-order chi connectivity index (χ1) is 7.25. The molecule has 1 heterocycles. The number of aromatic nitrogens is 2. The average Bonchev–Trinajstić information content (AvgIpc) is 2.47. The molecule has 90 valence electrons. The topological polar surface area (TPSA) is 90.0 Å². The lowest BCUT2D eigenvalue weighted by Crippen LogP contribution is -2.25. The second-order valence-corrected chi connectivity index (χ2v) is 6.27. The Kier molecular flexibility index (Phi) is 3.54. The van der Waals surface area contributed by atoms with E-state index in [0.29, 0.717) is 11.4 Å². The molecular formula is C8H14N4O2S2. The van der Waals surface area contributed by atoms with E-state index in [4.69, 9.17) is 18.0 Å². The van der Waals surface area contributed by atoms with Crippen molar-refractivity contribution in [2.75, 3.05) is 4.72 Å². The highest BCUT2D eigenvalue weighted by molar-refractivity contribution is 7.93. The first-order valence-electron chi connectivity index (χ1n) is 4.59. The van der Waals surface area contributed by atoms with E-state index in [2.05, 4.69) is 9.82 Å². The molecule has 1 rings (SSSR count). The van der Waals surface area contributed by atoms with Gasteiger partial charge in [-0.1, -0.05) is 12.2 Å². The third kappa shape index (κ3) is 2.50. The number of sulfonamides is 1. The van der Waals surface area contributed by atoms with Gasteiger partial charge in [-0.2, -0.15) is 5.10 Å². The summed E-state index contributed by atoms with van der Waals surface area (Å²) in [6, 6.07) is 0. The summed E-state index contributed by atoms with van der Waals surface area (Å²) in [6.07, 6.45) is 1.43. The smallest absolute Gasteiger partial charge is 0.236 e. The van der Waals surface area contributed by atoms with Gasteiger partial charge in [-0.15, -0.1) is 0 Å². The fraction of sp³-hybridized carbons (Fsp3) is 0.500. The molecule has 16 heavy (non-hydrogen) atoms. The van der Waals surface area contributed by atoms with Crippen molar-refractivity contribution in [3.63, 3.8) is 0 Å². The maximum Gasteiger partial charge on any atom is 0.236 e. The first-order valence-corrected chi connectivity index (χ1v) is 6.54. The molecule has 0 amide bonds. The maximum absolute atomic E-state index is 11.7. The zero-order chi connectivity index (χ0) is 12.5. The van der Waals surface area contributed by atoms with Crippen molar-refractivity contribution < 1.29 is 8.42 Å². The molecule has 0 bridgehead atoms. The Hall–Kier alpha value is -1.15. The highest BCUT2D eigenvalue weighted by Crippen LogP contribution is 2.16. The number of aryl methyl sites for hydroxylation is 1. The van der Waals surface area contributed by atoms with Gasteiger partial charge >= 0.3 is 0 Å². The van der Waals surface area contributed by atoms with Crippen LogP contribution in [0.3, 0.4) is 0 Å². The van der Waals surface area contributed by atoms with Crippen molar-refractivity contribution in [1.29, 1.82) is 0 Å². The minimum Gasteiger partial charge on any atom is -0.389 e. The SMILES string of the molecule is CC(C)S(=O)(=O)Nc1c(C(N)=S)cnn1C. The van der Waals surface area contributed by atoms with Gasteiger partial charge in [-0.05, 0) is 13.8 Å². The van der Waals surface area contributed by atoms with Gasteiger partial charge in [0, 0.05) is 7.05 Å². The molecule has 8 heteroatoms. The predicted molar refractivity (Wildman–Crippen MR) is 66.8 cm³/mol. The van der Waals surface area contributed by atoms with E-state index in [9.17, 15) is 8.42 Å². The molecule has 1 aromatic rings. The van der Waals surface area contributed by atoms with Gasteiger partial charge in [0.1, 0.15) is 10.8 Å². The van der Waals surface area contributed by atoms with Crippen LogP contribution in [0.5, 0.6) is 0 Å². The van der Waals surface area contributed by atoms with Crippen LogP contribution >= 0.6 is 12.2 Å². The average molecular weight is 262 g/mol. The molecule has 0 aliphatic heterocycles. The van der Waals surface area contributed by atoms with E-state index < -0.39 is 15.3 Å². The van der Waals surface area contributed by atoms with Crippen LogP contribution in [0.1, 0.15) is 19.4 Å². The summed E-state index contributed by atoms with van der Waals surface area (Å²) in [5.41, 5.74) is 5.88. The van der Waals surface area contributed by atoms with Gasteiger partial charge < -0.3 is 5.73 Å². The summed E-state index contributed by atoms with van der Waals surface area (Å²) in [4.78, 5) is 0.106. The molecule has 0 aliphatic rings. The number of hydrogen-bond donors (Lipinski definition) is 2. The minimum atomic E-state index is -3.43. The van der Waals surface area contributed by atoms with Crippen LogP contribution in [0, 0.1) is 0 Å². The molecule has 0 aromatic carbocycles. The molecule has 0 radical (unpaired) electrons. The number of rotatable bonds is 4. The Morgan fingerprint density at radius 1 is 1.62 bits per heavy atom. The van der Waals surface area contributed by atoms with Crippen LogP contribution in [-0.2, 0) is 17.1 Å². The zero-order valence-electron chi connectivity index (χ0n) is 9.26. The molecule has 0 aliphatic carbocycles. The number of thiocarbonyl (C=S) groups is 1. The Morgan fingerprint density at radius 3 is 2.62 bits per heavy atom. The van der Waals surface area contributed by atoms with Crippen LogP contribution in [0.2, 0.25) is 0 Å². The quantitative estimate of drug-likeness (QED) is 0.757. The Labute approximate surface area is 99.9 Å². The second-order valence-electron chi connectivity index (χ2n) is 3.59. The predicted octanol–water partition coefficient (Wildman–Crippen LogP) is 0.204. The molecule has 0 unspecified atom stereocenters. The molecular weight excluding hydrogens is 248 g/mol. The lowest BCUT2D eigenvalue weighted by molar-refractivity contribution is 0.592. The fourth-order valence-corrected chi connectivity index (χ4v) is 1.89. The van der Waals surface area contributed by atoms with Gasteiger partial charge in [0.2, 0.25) is 10.0 Å².